The highest BCUT2D eigenvalue weighted by molar-refractivity contribution is 7.92. The number of ether oxygens (including phenoxy) is 1. The molecule has 1 amide bonds. The monoisotopic (exact) mass is 367 g/mol. The van der Waals surface area contributed by atoms with Gasteiger partial charge in [0, 0.05) is 19.5 Å². The molecule has 140 valence electrons. The number of sulfone groups is 1. The SMILES string of the molecule is CCCOc1ccc(CCC(=O)N2CC(S(=O)(=O)CC(C)C)C2)cc1. The standard InChI is InChI=1S/C19H29NO4S/c1-4-11-24-17-8-5-16(6-9-17)7-10-19(21)20-12-18(13-20)25(22,23)14-15(2)3/h5-6,8-9,15,18H,4,7,10-14H2,1-3H3. The van der Waals surface area contributed by atoms with Crippen molar-refractivity contribution in [2.75, 3.05) is 25.4 Å². The number of carbonyl (C=O) groups excluding carboxylic acids is 1. The molecular formula is C19H29NO4S. The molecule has 0 aromatic heterocycles. The highest BCUT2D eigenvalue weighted by Crippen LogP contribution is 2.21. The summed E-state index contributed by atoms with van der Waals surface area (Å²) in [6.45, 7) is 7.26. The van der Waals surface area contributed by atoms with Gasteiger partial charge in [-0.25, -0.2) is 8.42 Å². The zero-order chi connectivity index (χ0) is 18.4. The van der Waals surface area contributed by atoms with E-state index in [-0.39, 0.29) is 22.8 Å². The Balaban J connectivity index is 1.75. The lowest BCUT2D eigenvalue weighted by atomic mass is 10.1. The molecule has 1 aliphatic rings. The van der Waals surface area contributed by atoms with E-state index in [9.17, 15) is 13.2 Å². The lowest BCUT2D eigenvalue weighted by molar-refractivity contribution is -0.134. The minimum Gasteiger partial charge on any atom is -0.494 e. The largest absolute Gasteiger partial charge is 0.494 e. The molecule has 1 saturated heterocycles. The van der Waals surface area contributed by atoms with Crippen LogP contribution in [0.2, 0.25) is 0 Å². The van der Waals surface area contributed by atoms with Crippen LogP contribution in [0.15, 0.2) is 24.3 Å². The fourth-order valence-electron chi connectivity index (χ4n) is 2.85. The van der Waals surface area contributed by atoms with Gasteiger partial charge in [-0.15, -0.1) is 0 Å². The fraction of sp³-hybridized carbons (Fsp3) is 0.632. The summed E-state index contributed by atoms with van der Waals surface area (Å²) in [7, 11) is -3.08. The number of hydrogen-bond acceptors (Lipinski definition) is 4. The van der Waals surface area contributed by atoms with Crippen LogP contribution in [-0.2, 0) is 21.1 Å². The molecule has 0 aliphatic carbocycles. The predicted molar refractivity (Wildman–Crippen MR) is 99.5 cm³/mol. The Kier molecular flexibility index (Phi) is 6.87. The first-order valence-electron chi connectivity index (χ1n) is 9.03. The van der Waals surface area contributed by atoms with Crippen molar-refractivity contribution in [1.82, 2.24) is 4.90 Å². The molecule has 1 aliphatic heterocycles. The van der Waals surface area contributed by atoms with Crippen molar-refractivity contribution in [2.45, 2.75) is 45.3 Å². The van der Waals surface area contributed by atoms with Crippen LogP contribution in [0.25, 0.3) is 0 Å². The van der Waals surface area contributed by atoms with E-state index < -0.39 is 9.84 Å². The number of benzene rings is 1. The second-order valence-electron chi connectivity index (χ2n) is 7.14. The summed E-state index contributed by atoms with van der Waals surface area (Å²) in [5.74, 6) is 1.20. The van der Waals surface area contributed by atoms with E-state index in [4.69, 9.17) is 4.74 Å². The molecule has 5 nitrogen and oxygen atoms in total. The zero-order valence-electron chi connectivity index (χ0n) is 15.4. The maximum absolute atomic E-state index is 12.2. The summed E-state index contributed by atoms with van der Waals surface area (Å²) in [6.07, 6.45) is 2.04. The van der Waals surface area contributed by atoms with Gasteiger partial charge in [0.05, 0.1) is 17.6 Å². The third-order valence-corrected chi connectivity index (χ3v) is 6.74. The third-order valence-electron chi connectivity index (χ3n) is 4.30. The van der Waals surface area contributed by atoms with Crippen molar-refractivity contribution < 1.29 is 17.9 Å². The summed E-state index contributed by atoms with van der Waals surface area (Å²) in [5.41, 5.74) is 1.08. The van der Waals surface area contributed by atoms with E-state index in [0.29, 0.717) is 32.5 Å². The van der Waals surface area contributed by atoms with Crippen LogP contribution in [0, 0.1) is 5.92 Å². The van der Waals surface area contributed by atoms with Crippen LogP contribution >= 0.6 is 0 Å². The van der Waals surface area contributed by atoms with Crippen LogP contribution in [0.5, 0.6) is 5.75 Å². The lowest BCUT2D eigenvalue weighted by Gasteiger charge is -2.39. The quantitative estimate of drug-likeness (QED) is 0.673. The molecule has 0 unspecified atom stereocenters. The molecule has 1 heterocycles. The van der Waals surface area contributed by atoms with E-state index in [2.05, 4.69) is 6.92 Å². The first-order valence-corrected chi connectivity index (χ1v) is 10.7. The number of carbonyl (C=O) groups is 1. The number of hydrogen-bond donors (Lipinski definition) is 0. The summed E-state index contributed by atoms with van der Waals surface area (Å²) < 4.78 is 29.8. The van der Waals surface area contributed by atoms with E-state index in [1.165, 1.54) is 0 Å². The zero-order valence-corrected chi connectivity index (χ0v) is 16.2. The summed E-state index contributed by atoms with van der Waals surface area (Å²) in [5, 5.41) is -0.381. The third kappa shape index (κ3) is 5.73. The first-order chi connectivity index (χ1) is 11.8. The van der Waals surface area contributed by atoms with Gasteiger partial charge in [-0.2, -0.15) is 0 Å². The Bertz CT molecular complexity index is 661. The molecule has 25 heavy (non-hydrogen) atoms. The summed E-state index contributed by atoms with van der Waals surface area (Å²) >= 11 is 0. The molecular weight excluding hydrogens is 338 g/mol. The van der Waals surface area contributed by atoms with Gasteiger partial charge in [0.1, 0.15) is 5.75 Å². The minimum atomic E-state index is -3.08. The lowest BCUT2D eigenvalue weighted by Crippen LogP contribution is -2.57. The van der Waals surface area contributed by atoms with Crippen molar-refractivity contribution >= 4 is 15.7 Å². The smallest absolute Gasteiger partial charge is 0.222 e. The van der Waals surface area contributed by atoms with Crippen LogP contribution in [0.1, 0.15) is 39.2 Å². The maximum atomic E-state index is 12.2. The van der Waals surface area contributed by atoms with Gasteiger partial charge < -0.3 is 9.64 Å². The van der Waals surface area contributed by atoms with Crippen molar-refractivity contribution in [2.24, 2.45) is 5.92 Å². The highest BCUT2D eigenvalue weighted by atomic mass is 32.2. The molecule has 1 aromatic carbocycles. The van der Waals surface area contributed by atoms with Crippen LogP contribution < -0.4 is 4.74 Å². The Labute approximate surface area is 151 Å². The maximum Gasteiger partial charge on any atom is 0.222 e. The average Bonchev–Trinajstić information content (AvgIpc) is 2.48. The molecule has 0 N–H and O–H groups in total. The summed E-state index contributed by atoms with van der Waals surface area (Å²) in [6, 6.07) is 7.80. The van der Waals surface area contributed by atoms with Gasteiger partial charge >= 0.3 is 0 Å². The second-order valence-corrected chi connectivity index (χ2v) is 9.46. The van der Waals surface area contributed by atoms with Gasteiger partial charge in [-0.1, -0.05) is 32.9 Å². The van der Waals surface area contributed by atoms with Gasteiger partial charge in [0.25, 0.3) is 0 Å². The molecule has 1 fully saturated rings. The Morgan fingerprint density at radius 2 is 1.88 bits per heavy atom. The fourth-order valence-corrected chi connectivity index (χ4v) is 4.87. The molecule has 0 bridgehead atoms. The molecule has 0 radical (unpaired) electrons. The molecule has 2 rings (SSSR count). The molecule has 0 atom stereocenters. The molecule has 0 saturated carbocycles. The van der Waals surface area contributed by atoms with E-state index in [0.717, 1.165) is 17.7 Å². The average molecular weight is 368 g/mol. The molecule has 1 aromatic rings. The van der Waals surface area contributed by atoms with E-state index in [1.807, 2.05) is 38.1 Å². The number of likely N-dealkylation sites (tertiary alicyclic amines) is 1. The Morgan fingerprint density at radius 3 is 2.44 bits per heavy atom. The van der Waals surface area contributed by atoms with Crippen molar-refractivity contribution in [3.63, 3.8) is 0 Å². The van der Waals surface area contributed by atoms with Crippen LogP contribution in [0.3, 0.4) is 0 Å². The first kappa shape index (κ1) is 19.8. The number of aryl methyl sites for hydroxylation is 1. The van der Waals surface area contributed by atoms with E-state index >= 15 is 0 Å². The number of amides is 1. The Hall–Kier alpha value is -1.56. The van der Waals surface area contributed by atoms with Gasteiger partial charge in [-0.05, 0) is 36.5 Å². The van der Waals surface area contributed by atoms with Gasteiger partial charge in [-0.3, -0.25) is 4.79 Å². The van der Waals surface area contributed by atoms with Gasteiger partial charge in [0.15, 0.2) is 9.84 Å². The number of rotatable bonds is 9. The van der Waals surface area contributed by atoms with Crippen molar-refractivity contribution in [3.8, 4) is 5.75 Å². The van der Waals surface area contributed by atoms with Gasteiger partial charge in [0.2, 0.25) is 5.91 Å². The molecule has 0 spiro atoms. The topological polar surface area (TPSA) is 63.7 Å². The highest BCUT2D eigenvalue weighted by Gasteiger charge is 2.39. The van der Waals surface area contributed by atoms with Crippen LogP contribution in [0.4, 0.5) is 0 Å². The van der Waals surface area contributed by atoms with Crippen molar-refractivity contribution in [3.05, 3.63) is 29.8 Å². The second kappa shape index (κ2) is 8.70. The molecule has 6 heteroatoms. The van der Waals surface area contributed by atoms with E-state index in [1.54, 1.807) is 4.90 Å². The minimum absolute atomic E-state index is 0.0299. The van der Waals surface area contributed by atoms with Crippen molar-refractivity contribution in [1.29, 1.82) is 0 Å². The number of nitrogens with zero attached hydrogens (tertiary/aromatic N) is 1. The predicted octanol–water partition coefficient (Wildman–Crippen LogP) is 2.69. The Morgan fingerprint density at radius 1 is 1.24 bits per heavy atom. The van der Waals surface area contributed by atoms with Crippen LogP contribution in [-0.4, -0.2) is 49.9 Å². The normalized spacial score (nSPS) is 15.3. The summed E-state index contributed by atoms with van der Waals surface area (Å²) in [4.78, 5) is 13.9.